The van der Waals surface area contributed by atoms with Crippen LogP contribution in [0.4, 0.5) is 5.69 Å². The van der Waals surface area contributed by atoms with Crippen molar-refractivity contribution in [3.05, 3.63) is 54.1 Å². The van der Waals surface area contributed by atoms with Gasteiger partial charge in [-0.15, -0.1) is 0 Å². The van der Waals surface area contributed by atoms with E-state index in [4.69, 9.17) is 15.2 Å². The zero-order valence-corrected chi connectivity index (χ0v) is 15.1. The number of carbonyl (C=O) groups excluding carboxylic acids is 3. The molecular formula is C19H21N3O5. The number of nitrogens with one attached hydrogen (secondary N) is 1. The Morgan fingerprint density at radius 3 is 2.37 bits per heavy atom. The second-order valence-electron chi connectivity index (χ2n) is 5.68. The van der Waals surface area contributed by atoms with Crippen molar-refractivity contribution in [1.29, 1.82) is 0 Å². The zero-order chi connectivity index (χ0) is 19.8. The summed E-state index contributed by atoms with van der Waals surface area (Å²) < 4.78 is 10.4. The molecule has 0 heterocycles. The Morgan fingerprint density at radius 2 is 1.74 bits per heavy atom. The number of carbonyl (C=O) groups is 3. The number of primary amides is 1. The first-order chi connectivity index (χ1) is 12.9. The Bertz CT molecular complexity index is 820. The van der Waals surface area contributed by atoms with Crippen molar-refractivity contribution in [3.8, 4) is 11.5 Å². The van der Waals surface area contributed by atoms with Gasteiger partial charge < -0.3 is 25.4 Å². The fourth-order valence-corrected chi connectivity index (χ4v) is 2.22. The summed E-state index contributed by atoms with van der Waals surface area (Å²) in [7, 11) is 3.04. The summed E-state index contributed by atoms with van der Waals surface area (Å²) in [5.41, 5.74) is 6.04. The van der Waals surface area contributed by atoms with E-state index in [2.05, 4.69) is 5.32 Å². The molecule has 0 radical (unpaired) electrons. The summed E-state index contributed by atoms with van der Waals surface area (Å²) in [6.07, 6.45) is 0. The van der Waals surface area contributed by atoms with Gasteiger partial charge >= 0.3 is 0 Å². The fourth-order valence-electron chi connectivity index (χ4n) is 2.22. The number of benzene rings is 2. The van der Waals surface area contributed by atoms with Crippen LogP contribution in [0.15, 0.2) is 48.5 Å². The van der Waals surface area contributed by atoms with Crippen LogP contribution in [0.5, 0.6) is 11.5 Å². The van der Waals surface area contributed by atoms with Crippen LogP contribution in [0.1, 0.15) is 10.4 Å². The largest absolute Gasteiger partial charge is 0.497 e. The third-order valence-corrected chi connectivity index (χ3v) is 3.68. The number of para-hydroxylation sites is 1. The minimum atomic E-state index is -0.648. The van der Waals surface area contributed by atoms with Gasteiger partial charge in [0.05, 0.1) is 19.2 Å². The fraction of sp³-hybridized carbons (Fsp3) is 0.211. The van der Waals surface area contributed by atoms with E-state index in [9.17, 15) is 14.4 Å². The number of ether oxygens (including phenoxy) is 2. The van der Waals surface area contributed by atoms with Gasteiger partial charge in [0.15, 0.2) is 6.61 Å². The standard InChI is InChI=1S/C19H21N3O5/c1-22(11-17(23)21-13-7-9-14(26-2)10-8-13)18(24)12-27-16-6-4-3-5-15(16)19(20)25/h3-10H,11-12H2,1-2H3,(H2,20,25)(H,21,23). The highest BCUT2D eigenvalue weighted by molar-refractivity contribution is 5.96. The number of likely N-dealkylation sites (N-methyl/N-ethyl adjacent to an activating group) is 1. The molecule has 0 aromatic heterocycles. The maximum atomic E-state index is 12.2. The van der Waals surface area contributed by atoms with Crippen LogP contribution in [0.25, 0.3) is 0 Å². The van der Waals surface area contributed by atoms with Gasteiger partial charge in [0.2, 0.25) is 5.91 Å². The first kappa shape index (κ1) is 19.8. The molecule has 2 rings (SSSR count). The highest BCUT2D eigenvalue weighted by atomic mass is 16.5. The SMILES string of the molecule is COc1ccc(NC(=O)CN(C)C(=O)COc2ccccc2C(N)=O)cc1. The van der Waals surface area contributed by atoms with Crippen LogP contribution < -0.4 is 20.5 Å². The summed E-state index contributed by atoms with van der Waals surface area (Å²) in [4.78, 5) is 36.8. The summed E-state index contributed by atoms with van der Waals surface area (Å²) in [5.74, 6) is -0.527. The highest BCUT2D eigenvalue weighted by Crippen LogP contribution is 2.17. The molecule has 0 saturated carbocycles. The van der Waals surface area contributed by atoms with E-state index in [-0.39, 0.29) is 30.4 Å². The Hall–Kier alpha value is -3.55. The minimum absolute atomic E-state index is 0.147. The number of nitrogens with zero attached hydrogens (tertiary/aromatic N) is 1. The molecular weight excluding hydrogens is 350 g/mol. The van der Waals surface area contributed by atoms with Gasteiger partial charge in [-0.2, -0.15) is 0 Å². The normalized spacial score (nSPS) is 10.0. The third kappa shape index (κ3) is 5.74. The number of hydrogen-bond donors (Lipinski definition) is 2. The number of hydrogen-bond acceptors (Lipinski definition) is 5. The summed E-state index contributed by atoms with van der Waals surface area (Å²) in [5, 5.41) is 2.69. The summed E-state index contributed by atoms with van der Waals surface area (Å²) in [6, 6.07) is 13.2. The van der Waals surface area contributed by atoms with Crippen molar-refractivity contribution in [2.45, 2.75) is 0 Å². The number of nitrogens with two attached hydrogens (primary N) is 1. The van der Waals surface area contributed by atoms with Crippen molar-refractivity contribution in [3.63, 3.8) is 0 Å². The van der Waals surface area contributed by atoms with E-state index in [0.717, 1.165) is 0 Å². The summed E-state index contributed by atoms with van der Waals surface area (Å²) in [6.45, 7) is -0.470. The average molecular weight is 371 g/mol. The second kappa shape index (κ2) is 9.23. The quantitative estimate of drug-likeness (QED) is 0.726. The highest BCUT2D eigenvalue weighted by Gasteiger charge is 2.15. The molecule has 0 spiro atoms. The van der Waals surface area contributed by atoms with Crippen LogP contribution in [-0.2, 0) is 9.59 Å². The monoisotopic (exact) mass is 371 g/mol. The van der Waals surface area contributed by atoms with Gasteiger partial charge in [0.25, 0.3) is 11.8 Å². The number of rotatable bonds is 8. The lowest BCUT2D eigenvalue weighted by molar-refractivity contribution is -0.135. The molecule has 0 fully saturated rings. The van der Waals surface area contributed by atoms with Gasteiger partial charge in [0.1, 0.15) is 11.5 Å². The van der Waals surface area contributed by atoms with Gasteiger partial charge in [-0.25, -0.2) is 0 Å². The molecule has 8 nitrogen and oxygen atoms in total. The average Bonchev–Trinajstić information content (AvgIpc) is 2.66. The van der Waals surface area contributed by atoms with Gasteiger partial charge in [-0.3, -0.25) is 14.4 Å². The predicted octanol–water partition coefficient (Wildman–Crippen LogP) is 1.27. The Balaban J connectivity index is 1.86. The number of amides is 3. The van der Waals surface area contributed by atoms with Crippen LogP contribution in [0.2, 0.25) is 0 Å². The second-order valence-corrected chi connectivity index (χ2v) is 5.68. The van der Waals surface area contributed by atoms with E-state index in [1.807, 2.05) is 0 Å². The van der Waals surface area contributed by atoms with E-state index in [1.165, 1.54) is 18.0 Å². The van der Waals surface area contributed by atoms with Crippen LogP contribution in [0.3, 0.4) is 0 Å². The predicted molar refractivity (Wildman–Crippen MR) is 99.7 cm³/mol. The zero-order valence-electron chi connectivity index (χ0n) is 15.1. The van der Waals surface area contributed by atoms with E-state index in [1.54, 1.807) is 49.6 Å². The molecule has 0 atom stereocenters. The third-order valence-electron chi connectivity index (χ3n) is 3.68. The lowest BCUT2D eigenvalue weighted by Gasteiger charge is -2.17. The van der Waals surface area contributed by atoms with Crippen LogP contribution >= 0.6 is 0 Å². The lowest BCUT2D eigenvalue weighted by Crippen LogP contribution is -2.37. The minimum Gasteiger partial charge on any atom is -0.497 e. The van der Waals surface area contributed by atoms with E-state index in [0.29, 0.717) is 11.4 Å². The Kier molecular flexibility index (Phi) is 6.76. The van der Waals surface area contributed by atoms with Crippen molar-refractivity contribution in [2.24, 2.45) is 5.73 Å². The maximum Gasteiger partial charge on any atom is 0.260 e. The maximum absolute atomic E-state index is 12.2. The molecule has 2 aromatic rings. The lowest BCUT2D eigenvalue weighted by atomic mass is 10.2. The van der Waals surface area contributed by atoms with Crippen molar-refractivity contribution < 1.29 is 23.9 Å². The molecule has 2 aromatic carbocycles. The molecule has 0 unspecified atom stereocenters. The topological polar surface area (TPSA) is 111 Å². The van der Waals surface area contributed by atoms with Crippen molar-refractivity contribution >= 4 is 23.4 Å². The molecule has 3 N–H and O–H groups in total. The number of anilines is 1. The molecule has 0 bridgehead atoms. The first-order valence-corrected chi connectivity index (χ1v) is 8.10. The van der Waals surface area contributed by atoms with Gasteiger partial charge in [-0.1, -0.05) is 12.1 Å². The molecule has 3 amide bonds. The molecule has 8 heteroatoms. The van der Waals surface area contributed by atoms with Crippen LogP contribution in [-0.4, -0.2) is 49.9 Å². The Morgan fingerprint density at radius 1 is 1.07 bits per heavy atom. The smallest absolute Gasteiger partial charge is 0.260 e. The molecule has 0 saturated heterocycles. The molecule has 0 aliphatic heterocycles. The van der Waals surface area contributed by atoms with E-state index < -0.39 is 11.8 Å². The molecule has 142 valence electrons. The van der Waals surface area contributed by atoms with Crippen molar-refractivity contribution in [1.82, 2.24) is 4.90 Å². The van der Waals surface area contributed by atoms with Gasteiger partial charge in [-0.05, 0) is 36.4 Å². The first-order valence-electron chi connectivity index (χ1n) is 8.10. The molecule has 0 aliphatic rings. The molecule has 0 aliphatic carbocycles. The molecule has 27 heavy (non-hydrogen) atoms. The van der Waals surface area contributed by atoms with Crippen LogP contribution in [0, 0.1) is 0 Å². The Labute approximate surface area is 156 Å². The number of methoxy groups -OCH3 is 1. The van der Waals surface area contributed by atoms with Crippen molar-refractivity contribution in [2.75, 3.05) is 32.6 Å². The summed E-state index contributed by atoms with van der Waals surface area (Å²) >= 11 is 0. The van der Waals surface area contributed by atoms with Gasteiger partial charge in [0, 0.05) is 12.7 Å². The van der Waals surface area contributed by atoms with E-state index >= 15 is 0 Å².